The molecule has 2 rings (SSSR count). The van der Waals surface area contributed by atoms with Crippen molar-refractivity contribution in [3.63, 3.8) is 0 Å². The van der Waals surface area contributed by atoms with Crippen LogP contribution >= 0.6 is 0 Å². The van der Waals surface area contributed by atoms with Gasteiger partial charge in [0.05, 0.1) is 37.4 Å². The smallest absolute Gasteiger partial charge is 0.338 e. The first-order valence-electron chi connectivity index (χ1n) is 9.61. The van der Waals surface area contributed by atoms with Crippen molar-refractivity contribution in [3.8, 4) is 5.75 Å². The number of ether oxygens (including phenoxy) is 3. The average Bonchev–Trinajstić information content (AvgIpc) is 2.71. The Balaban J connectivity index is 2.18. The highest BCUT2D eigenvalue weighted by Crippen LogP contribution is 2.22. The lowest BCUT2D eigenvalue weighted by Crippen LogP contribution is -2.51. The Hall–Kier alpha value is -3.36. The fraction of sp³-hybridized carbons (Fsp3) is 0.429. The number of nitrogens with one attached hydrogen (secondary N) is 2. The van der Waals surface area contributed by atoms with Gasteiger partial charge < -0.3 is 24.8 Å². The number of rotatable bonds is 9. The van der Waals surface area contributed by atoms with E-state index in [9.17, 15) is 19.2 Å². The molecule has 9 heteroatoms. The van der Waals surface area contributed by atoms with Gasteiger partial charge in [-0.2, -0.15) is 0 Å². The molecule has 1 atom stereocenters. The molecule has 1 aliphatic heterocycles. The summed E-state index contributed by atoms with van der Waals surface area (Å²) < 4.78 is 15.6. The maximum absolute atomic E-state index is 12.4. The first-order valence-corrected chi connectivity index (χ1v) is 9.61. The van der Waals surface area contributed by atoms with E-state index in [0.29, 0.717) is 23.3 Å². The Kier molecular flexibility index (Phi) is 7.97. The Morgan fingerprint density at radius 3 is 2.47 bits per heavy atom. The van der Waals surface area contributed by atoms with Crippen molar-refractivity contribution in [2.24, 2.45) is 0 Å². The van der Waals surface area contributed by atoms with Crippen LogP contribution in [0, 0.1) is 0 Å². The fourth-order valence-corrected chi connectivity index (χ4v) is 3.07. The number of hydrogen-bond acceptors (Lipinski definition) is 7. The third kappa shape index (κ3) is 5.59. The van der Waals surface area contributed by atoms with Crippen LogP contribution in [0.25, 0.3) is 0 Å². The molecule has 9 nitrogen and oxygen atoms in total. The lowest BCUT2D eigenvalue weighted by atomic mass is 10.0. The quantitative estimate of drug-likeness (QED) is 0.464. The lowest BCUT2D eigenvalue weighted by Gasteiger charge is -2.28. The molecule has 1 heterocycles. The number of amides is 2. The van der Waals surface area contributed by atoms with Crippen molar-refractivity contribution in [2.45, 2.75) is 39.7 Å². The summed E-state index contributed by atoms with van der Waals surface area (Å²) in [6.45, 7) is 4.79. The van der Waals surface area contributed by atoms with Gasteiger partial charge in [0.1, 0.15) is 12.4 Å². The highest BCUT2D eigenvalue weighted by atomic mass is 16.5. The molecule has 0 spiro atoms. The van der Waals surface area contributed by atoms with Crippen LogP contribution < -0.4 is 15.4 Å². The van der Waals surface area contributed by atoms with Crippen LogP contribution in [-0.2, 0) is 25.5 Å². The maximum atomic E-state index is 12.4. The largest absolute Gasteiger partial charge is 0.496 e. The number of carbonyl (C=O) groups is 4. The molecular formula is C21H26N2O7. The molecule has 0 fully saturated rings. The minimum Gasteiger partial charge on any atom is -0.496 e. The van der Waals surface area contributed by atoms with E-state index < -0.39 is 24.0 Å². The monoisotopic (exact) mass is 418 g/mol. The number of hydrogen-bond donors (Lipinski definition) is 2. The van der Waals surface area contributed by atoms with E-state index in [-0.39, 0.29) is 36.7 Å². The van der Waals surface area contributed by atoms with E-state index in [1.807, 2.05) is 6.92 Å². The summed E-state index contributed by atoms with van der Waals surface area (Å²) in [7, 11) is 1.46. The molecule has 0 saturated heterocycles. The van der Waals surface area contributed by atoms with Crippen molar-refractivity contribution >= 4 is 23.8 Å². The van der Waals surface area contributed by atoms with E-state index in [2.05, 4.69) is 10.6 Å². The second-order valence-corrected chi connectivity index (χ2v) is 6.59. The lowest BCUT2D eigenvalue weighted by molar-refractivity contribution is -0.143. The summed E-state index contributed by atoms with van der Waals surface area (Å²) >= 11 is 0. The number of urea groups is 1. The Morgan fingerprint density at radius 2 is 1.87 bits per heavy atom. The van der Waals surface area contributed by atoms with Crippen LogP contribution in [0.4, 0.5) is 4.79 Å². The molecule has 2 N–H and O–H groups in total. The molecule has 0 radical (unpaired) electrons. The zero-order valence-electron chi connectivity index (χ0n) is 17.5. The van der Waals surface area contributed by atoms with E-state index in [1.165, 1.54) is 14.0 Å². The molecule has 1 aromatic carbocycles. The molecule has 0 unspecified atom stereocenters. The Labute approximate surface area is 174 Å². The number of ketones is 1. The molecule has 1 aromatic rings. The molecular weight excluding hydrogens is 392 g/mol. The number of Topliss-reactive ketones (excluding diaryl/α,β-unsaturated/α-hetero) is 1. The van der Waals surface area contributed by atoms with Crippen molar-refractivity contribution in [1.82, 2.24) is 10.6 Å². The van der Waals surface area contributed by atoms with Crippen molar-refractivity contribution < 1.29 is 33.4 Å². The van der Waals surface area contributed by atoms with Crippen LogP contribution in [0.5, 0.6) is 5.75 Å². The van der Waals surface area contributed by atoms with Gasteiger partial charge in [0.2, 0.25) is 0 Å². The van der Waals surface area contributed by atoms with Gasteiger partial charge in [0.15, 0.2) is 5.78 Å². The molecule has 0 saturated carbocycles. The zero-order chi connectivity index (χ0) is 22.3. The van der Waals surface area contributed by atoms with E-state index in [4.69, 9.17) is 14.2 Å². The maximum Gasteiger partial charge on any atom is 0.338 e. The van der Waals surface area contributed by atoms with Gasteiger partial charge in [-0.25, -0.2) is 9.59 Å². The number of benzene rings is 1. The normalized spacial score (nSPS) is 15.7. The first-order chi connectivity index (χ1) is 14.3. The third-order valence-corrected chi connectivity index (χ3v) is 4.55. The van der Waals surface area contributed by atoms with Crippen LogP contribution in [-0.4, -0.2) is 50.1 Å². The fourth-order valence-electron chi connectivity index (χ4n) is 3.07. The van der Waals surface area contributed by atoms with Crippen LogP contribution in [0.3, 0.4) is 0 Å². The van der Waals surface area contributed by atoms with Gasteiger partial charge in [-0.1, -0.05) is 6.92 Å². The highest BCUT2D eigenvalue weighted by molar-refractivity contribution is 5.95. The van der Waals surface area contributed by atoms with Gasteiger partial charge in [-0.15, -0.1) is 0 Å². The van der Waals surface area contributed by atoms with Crippen LogP contribution in [0.2, 0.25) is 0 Å². The molecule has 1 aliphatic rings. The van der Waals surface area contributed by atoms with Gasteiger partial charge in [0.25, 0.3) is 0 Å². The van der Waals surface area contributed by atoms with Crippen molar-refractivity contribution in [2.75, 3.05) is 20.3 Å². The Bertz CT molecular complexity index is 876. The van der Waals surface area contributed by atoms with Gasteiger partial charge in [0, 0.05) is 11.1 Å². The van der Waals surface area contributed by atoms with Crippen LogP contribution in [0.15, 0.2) is 29.5 Å². The van der Waals surface area contributed by atoms with Crippen molar-refractivity contribution in [3.05, 3.63) is 40.6 Å². The molecule has 162 valence electrons. The van der Waals surface area contributed by atoms with E-state index in [0.717, 1.165) is 0 Å². The van der Waals surface area contributed by atoms with Gasteiger partial charge in [-0.05, 0) is 38.5 Å². The number of esters is 2. The first kappa shape index (κ1) is 22.9. The minimum absolute atomic E-state index is 0.139. The second kappa shape index (κ2) is 10.4. The average molecular weight is 418 g/mol. The van der Waals surface area contributed by atoms with Gasteiger partial charge in [-0.3, -0.25) is 9.59 Å². The molecule has 0 aromatic heterocycles. The summed E-state index contributed by atoms with van der Waals surface area (Å²) in [6.07, 6.45) is 0.323. The predicted molar refractivity (Wildman–Crippen MR) is 107 cm³/mol. The molecule has 2 amide bonds. The summed E-state index contributed by atoms with van der Waals surface area (Å²) in [5.41, 5.74) is 1.35. The minimum atomic E-state index is -0.606. The Morgan fingerprint density at radius 1 is 1.13 bits per heavy atom. The SMILES string of the molecule is CCOC(=O)C1=C(COC(=O)Cc2cc(C(C)=O)ccc2OC)NC(=O)N[C@H]1CC. The van der Waals surface area contributed by atoms with E-state index in [1.54, 1.807) is 25.1 Å². The second-order valence-electron chi connectivity index (χ2n) is 6.59. The van der Waals surface area contributed by atoms with Gasteiger partial charge >= 0.3 is 18.0 Å². The third-order valence-electron chi connectivity index (χ3n) is 4.55. The molecule has 0 bridgehead atoms. The van der Waals surface area contributed by atoms with E-state index >= 15 is 0 Å². The summed E-state index contributed by atoms with van der Waals surface area (Å²) in [5.74, 6) is -0.881. The highest BCUT2D eigenvalue weighted by Gasteiger charge is 2.32. The predicted octanol–water partition coefficient (Wildman–Crippen LogP) is 1.89. The standard InChI is InChI=1S/C21H26N2O7/c1-5-15-19(20(26)29-6-2)16(23-21(27)22-15)11-30-18(25)10-14-9-13(12(3)24)7-8-17(14)28-4/h7-9,15H,5-6,10-11H2,1-4H3,(H2,22,23,27)/t15-/m0/s1. The molecule has 30 heavy (non-hydrogen) atoms. The zero-order valence-corrected chi connectivity index (χ0v) is 17.5. The summed E-state index contributed by atoms with van der Waals surface area (Å²) in [5, 5.41) is 5.17. The molecule has 0 aliphatic carbocycles. The van der Waals surface area contributed by atoms with Crippen LogP contribution in [0.1, 0.15) is 43.1 Å². The number of carbonyl (C=O) groups excluding carboxylic acids is 4. The summed E-state index contributed by atoms with van der Waals surface area (Å²) in [6, 6.07) is 3.77. The summed E-state index contributed by atoms with van der Waals surface area (Å²) in [4.78, 5) is 48.3. The number of methoxy groups -OCH3 is 1. The van der Waals surface area contributed by atoms with Crippen molar-refractivity contribution in [1.29, 1.82) is 0 Å². The topological polar surface area (TPSA) is 120 Å².